The molecule has 1 aromatic carbocycles. The van der Waals surface area contributed by atoms with Gasteiger partial charge in [-0.05, 0) is 49.4 Å². The molecule has 120 valence electrons. The third-order valence-corrected chi connectivity index (χ3v) is 3.52. The van der Waals surface area contributed by atoms with Crippen LogP contribution in [-0.2, 0) is 6.42 Å². The van der Waals surface area contributed by atoms with E-state index in [9.17, 15) is 5.11 Å². The molecular formula is C17H29NO3. The van der Waals surface area contributed by atoms with Gasteiger partial charge in [-0.25, -0.2) is 0 Å². The van der Waals surface area contributed by atoms with Crippen LogP contribution in [0.2, 0.25) is 0 Å². The summed E-state index contributed by atoms with van der Waals surface area (Å²) in [5.74, 6) is 1.15. The number of aryl methyl sites for hydroxylation is 1. The first-order valence-corrected chi connectivity index (χ1v) is 7.87. The molecule has 0 spiro atoms. The molecule has 4 heteroatoms. The molecule has 2 atom stereocenters. The smallest absolute Gasteiger partial charge is 0.119 e. The molecular weight excluding hydrogens is 266 g/mol. The highest BCUT2D eigenvalue weighted by Crippen LogP contribution is 2.12. The average molecular weight is 295 g/mol. The first-order valence-electron chi connectivity index (χ1n) is 7.87. The van der Waals surface area contributed by atoms with Gasteiger partial charge in [0.2, 0.25) is 0 Å². The van der Waals surface area contributed by atoms with Crippen LogP contribution in [0.25, 0.3) is 0 Å². The Morgan fingerprint density at radius 3 is 2.57 bits per heavy atom. The summed E-state index contributed by atoms with van der Waals surface area (Å²) in [6.07, 6.45) is 2.51. The van der Waals surface area contributed by atoms with Crippen molar-refractivity contribution in [2.45, 2.75) is 39.2 Å². The summed E-state index contributed by atoms with van der Waals surface area (Å²) in [5.41, 5.74) is 1.28. The predicted molar refractivity (Wildman–Crippen MR) is 85.7 cm³/mol. The second-order valence-electron chi connectivity index (χ2n) is 5.60. The van der Waals surface area contributed by atoms with Crippen LogP contribution in [0.4, 0.5) is 0 Å². The Balaban J connectivity index is 2.09. The van der Waals surface area contributed by atoms with E-state index in [-0.39, 0.29) is 6.61 Å². The molecule has 0 heterocycles. The Morgan fingerprint density at radius 2 is 1.95 bits per heavy atom. The van der Waals surface area contributed by atoms with Gasteiger partial charge < -0.3 is 20.3 Å². The Morgan fingerprint density at radius 1 is 1.24 bits per heavy atom. The largest absolute Gasteiger partial charge is 0.491 e. The van der Waals surface area contributed by atoms with E-state index in [0.717, 1.165) is 31.6 Å². The van der Waals surface area contributed by atoms with Crippen LogP contribution < -0.4 is 10.1 Å². The first-order chi connectivity index (χ1) is 10.2. The second kappa shape index (κ2) is 10.6. The number of rotatable bonds is 11. The van der Waals surface area contributed by atoms with Crippen LogP contribution in [0.5, 0.6) is 5.75 Å². The van der Waals surface area contributed by atoms with Crippen LogP contribution in [0.3, 0.4) is 0 Å². The highest BCUT2D eigenvalue weighted by molar-refractivity contribution is 5.27. The van der Waals surface area contributed by atoms with Crippen LogP contribution in [0.15, 0.2) is 24.3 Å². The molecule has 3 N–H and O–H groups in total. The van der Waals surface area contributed by atoms with Gasteiger partial charge in [0.25, 0.3) is 0 Å². The van der Waals surface area contributed by atoms with E-state index in [2.05, 4.69) is 12.2 Å². The van der Waals surface area contributed by atoms with Gasteiger partial charge in [-0.3, -0.25) is 0 Å². The van der Waals surface area contributed by atoms with E-state index < -0.39 is 6.10 Å². The number of aliphatic hydroxyl groups is 2. The van der Waals surface area contributed by atoms with Crippen molar-refractivity contribution in [1.82, 2.24) is 5.32 Å². The van der Waals surface area contributed by atoms with E-state index in [1.54, 1.807) is 0 Å². The summed E-state index contributed by atoms with van der Waals surface area (Å²) in [5, 5.41) is 22.0. The molecule has 0 aliphatic rings. The van der Waals surface area contributed by atoms with Crippen molar-refractivity contribution in [3.63, 3.8) is 0 Å². The molecule has 0 saturated carbocycles. The van der Waals surface area contributed by atoms with E-state index in [0.29, 0.717) is 19.1 Å². The van der Waals surface area contributed by atoms with Gasteiger partial charge in [0.15, 0.2) is 0 Å². The second-order valence-corrected chi connectivity index (χ2v) is 5.60. The lowest BCUT2D eigenvalue weighted by Crippen LogP contribution is -2.32. The van der Waals surface area contributed by atoms with Crippen molar-refractivity contribution in [2.75, 3.05) is 26.3 Å². The minimum Gasteiger partial charge on any atom is -0.491 e. The third kappa shape index (κ3) is 8.05. The van der Waals surface area contributed by atoms with Crippen molar-refractivity contribution in [3.05, 3.63) is 29.8 Å². The van der Waals surface area contributed by atoms with Crippen molar-refractivity contribution < 1.29 is 14.9 Å². The van der Waals surface area contributed by atoms with E-state index in [1.165, 1.54) is 5.56 Å². The minimum atomic E-state index is -0.508. The fourth-order valence-electron chi connectivity index (χ4n) is 2.01. The van der Waals surface area contributed by atoms with Gasteiger partial charge in [-0.2, -0.15) is 0 Å². The summed E-state index contributed by atoms with van der Waals surface area (Å²) >= 11 is 0. The van der Waals surface area contributed by atoms with Gasteiger partial charge in [0.1, 0.15) is 18.5 Å². The number of hydrogen-bond donors (Lipinski definition) is 3. The maximum Gasteiger partial charge on any atom is 0.119 e. The van der Waals surface area contributed by atoms with Crippen molar-refractivity contribution in [1.29, 1.82) is 0 Å². The van der Waals surface area contributed by atoms with Gasteiger partial charge in [0, 0.05) is 13.2 Å². The lowest BCUT2D eigenvalue weighted by atomic mass is 10.1. The maximum atomic E-state index is 9.84. The quantitative estimate of drug-likeness (QED) is 0.546. The van der Waals surface area contributed by atoms with Crippen LogP contribution in [0, 0.1) is 5.92 Å². The molecule has 2 unspecified atom stereocenters. The van der Waals surface area contributed by atoms with Gasteiger partial charge in [-0.1, -0.05) is 26.0 Å². The summed E-state index contributed by atoms with van der Waals surface area (Å²) in [6.45, 7) is 6.07. The normalized spacial score (nSPS) is 13.9. The van der Waals surface area contributed by atoms with Crippen molar-refractivity contribution in [2.24, 2.45) is 5.92 Å². The molecule has 4 nitrogen and oxygen atoms in total. The standard InChI is InChI=1S/C17H29NO3/c1-3-15-6-8-17(9-7-15)21-13-16(20)11-18-10-4-5-14(2)12-19/h6-9,14,16,18-20H,3-5,10-13H2,1-2H3. The fourth-order valence-corrected chi connectivity index (χ4v) is 2.01. The molecule has 1 rings (SSSR count). The first kappa shape index (κ1) is 18.0. The van der Waals surface area contributed by atoms with Gasteiger partial charge >= 0.3 is 0 Å². The predicted octanol–water partition coefficient (Wildman–Crippen LogP) is 1.99. The number of aliphatic hydroxyl groups excluding tert-OH is 2. The minimum absolute atomic E-state index is 0.243. The lowest BCUT2D eigenvalue weighted by Gasteiger charge is -2.14. The Bertz CT molecular complexity index is 367. The molecule has 0 radical (unpaired) electrons. The number of ether oxygens (including phenoxy) is 1. The number of benzene rings is 1. The zero-order valence-electron chi connectivity index (χ0n) is 13.2. The molecule has 0 fully saturated rings. The fraction of sp³-hybridized carbons (Fsp3) is 0.647. The molecule has 21 heavy (non-hydrogen) atoms. The summed E-state index contributed by atoms with van der Waals surface area (Å²) in [4.78, 5) is 0. The SMILES string of the molecule is CCc1ccc(OCC(O)CNCCCC(C)CO)cc1. The van der Waals surface area contributed by atoms with Crippen LogP contribution in [0.1, 0.15) is 32.3 Å². The Hall–Kier alpha value is -1.10. The molecule has 1 aromatic rings. The molecule has 0 aliphatic heterocycles. The molecule has 0 aromatic heterocycles. The molecule has 0 aliphatic carbocycles. The Kier molecular flexibility index (Phi) is 9.06. The number of nitrogens with one attached hydrogen (secondary N) is 1. The average Bonchev–Trinajstić information content (AvgIpc) is 2.52. The van der Waals surface area contributed by atoms with Crippen molar-refractivity contribution in [3.8, 4) is 5.75 Å². The molecule has 0 saturated heterocycles. The molecule has 0 bridgehead atoms. The van der Waals surface area contributed by atoms with Gasteiger partial charge in [-0.15, -0.1) is 0 Å². The summed E-state index contributed by atoms with van der Waals surface area (Å²) in [7, 11) is 0. The highest BCUT2D eigenvalue weighted by atomic mass is 16.5. The van der Waals surface area contributed by atoms with Crippen LogP contribution >= 0.6 is 0 Å². The van der Waals surface area contributed by atoms with Crippen LogP contribution in [-0.4, -0.2) is 42.6 Å². The van der Waals surface area contributed by atoms with E-state index >= 15 is 0 Å². The van der Waals surface area contributed by atoms with Crippen molar-refractivity contribution >= 4 is 0 Å². The zero-order valence-corrected chi connectivity index (χ0v) is 13.2. The topological polar surface area (TPSA) is 61.7 Å². The Labute approximate surface area is 128 Å². The zero-order chi connectivity index (χ0) is 15.5. The third-order valence-electron chi connectivity index (χ3n) is 3.52. The maximum absolute atomic E-state index is 9.84. The van der Waals surface area contributed by atoms with E-state index in [4.69, 9.17) is 9.84 Å². The monoisotopic (exact) mass is 295 g/mol. The van der Waals surface area contributed by atoms with E-state index in [1.807, 2.05) is 31.2 Å². The molecule has 0 amide bonds. The summed E-state index contributed by atoms with van der Waals surface area (Å²) in [6, 6.07) is 7.97. The summed E-state index contributed by atoms with van der Waals surface area (Å²) < 4.78 is 5.56. The number of hydrogen-bond acceptors (Lipinski definition) is 4. The highest BCUT2D eigenvalue weighted by Gasteiger charge is 2.05. The van der Waals surface area contributed by atoms with Gasteiger partial charge in [0.05, 0.1) is 0 Å². The lowest BCUT2D eigenvalue weighted by molar-refractivity contribution is 0.106.